The number of benzene rings is 1. The Bertz CT molecular complexity index is 344. The van der Waals surface area contributed by atoms with E-state index in [1.54, 1.807) is 11.1 Å². The maximum absolute atomic E-state index is 2.38. The van der Waals surface area contributed by atoms with Crippen molar-refractivity contribution >= 4 is 0 Å². The second kappa shape index (κ2) is 1.70. The molecule has 66 valence electrons. The fourth-order valence-electron chi connectivity index (χ4n) is 3.44. The van der Waals surface area contributed by atoms with E-state index in [1.807, 2.05) is 0 Å². The highest BCUT2D eigenvalue weighted by molar-refractivity contribution is 5.52. The normalized spacial score (nSPS) is 29.2. The summed E-state index contributed by atoms with van der Waals surface area (Å²) in [6.45, 7) is 0. The summed E-state index contributed by atoms with van der Waals surface area (Å²) in [6.07, 6.45) is 7.34. The van der Waals surface area contributed by atoms with Crippen LogP contribution in [0.15, 0.2) is 24.3 Å². The molecule has 0 radical (unpaired) electrons. The summed E-state index contributed by atoms with van der Waals surface area (Å²) in [4.78, 5) is 0. The van der Waals surface area contributed by atoms with E-state index in [4.69, 9.17) is 0 Å². The summed E-state index contributed by atoms with van der Waals surface area (Å²) >= 11 is 0. The van der Waals surface area contributed by atoms with Crippen molar-refractivity contribution in [1.82, 2.24) is 0 Å². The molecule has 0 heterocycles. The van der Waals surface area contributed by atoms with Crippen LogP contribution in [0.25, 0.3) is 0 Å². The molecule has 0 heteroatoms. The van der Waals surface area contributed by atoms with Gasteiger partial charge in [-0.2, -0.15) is 0 Å². The third kappa shape index (κ3) is 0.653. The molecule has 1 aromatic rings. The van der Waals surface area contributed by atoms with Gasteiger partial charge in [-0.05, 0) is 54.1 Å². The highest BCUT2D eigenvalue weighted by atomic mass is 14.7. The average molecular weight is 170 g/mol. The highest BCUT2D eigenvalue weighted by Crippen LogP contribution is 2.69. The predicted molar refractivity (Wildman–Crippen MR) is 52.9 cm³/mol. The first-order valence-electron chi connectivity index (χ1n) is 5.45. The standard InChI is InChI=1S/C13H14/c1-2-4-11-10(3-1)12(5-6-12)9-13(11)7-8-13/h1-4H,5-9H2. The van der Waals surface area contributed by atoms with Crippen LogP contribution in [0.4, 0.5) is 0 Å². The van der Waals surface area contributed by atoms with Crippen LogP contribution in [-0.2, 0) is 10.8 Å². The van der Waals surface area contributed by atoms with Crippen molar-refractivity contribution in [3.05, 3.63) is 35.4 Å². The van der Waals surface area contributed by atoms with Crippen LogP contribution in [0.2, 0.25) is 0 Å². The van der Waals surface area contributed by atoms with Crippen LogP contribution in [0.3, 0.4) is 0 Å². The van der Waals surface area contributed by atoms with Gasteiger partial charge in [-0.1, -0.05) is 24.3 Å². The Balaban J connectivity index is 2.01. The van der Waals surface area contributed by atoms with Crippen LogP contribution in [-0.4, -0.2) is 0 Å². The minimum absolute atomic E-state index is 0.674. The maximum Gasteiger partial charge on any atom is -0.00349 e. The molecule has 3 aliphatic carbocycles. The zero-order valence-electron chi connectivity index (χ0n) is 7.84. The molecule has 0 aromatic heterocycles. The molecule has 0 bridgehead atoms. The van der Waals surface area contributed by atoms with Gasteiger partial charge >= 0.3 is 0 Å². The zero-order valence-corrected chi connectivity index (χ0v) is 7.84. The van der Waals surface area contributed by atoms with Gasteiger partial charge in [0.1, 0.15) is 0 Å². The Hall–Kier alpha value is -0.780. The van der Waals surface area contributed by atoms with Crippen LogP contribution >= 0.6 is 0 Å². The summed E-state index contributed by atoms with van der Waals surface area (Å²) in [7, 11) is 0. The lowest BCUT2D eigenvalue weighted by molar-refractivity contribution is 0.573. The first-order valence-corrected chi connectivity index (χ1v) is 5.45. The van der Waals surface area contributed by atoms with E-state index in [1.165, 1.54) is 32.1 Å². The SMILES string of the molecule is c1ccc2c(c1)C1(CC1)CC21CC1. The number of fused-ring (bicyclic) bond motifs is 3. The first-order chi connectivity index (χ1) is 6.35. The molecule has 3 aliphatic rings. The second-order valence-electron chi connectivity index (χ2n) is 5.28. The van der Waals surface area contributed by atoms with Crippen molar-refractivity contribution in [3.8, 4) is 0 Å². The number of rotatable bonds is 0. The number of hydrogen-bond acceptors (Lipinski definition) is 0. The van der Waals surface area contributed by atoms with Crippen molar-refractivity contribution in [1.29, 1.82) is 0 Å². The third-order valence-electron chi connectivity index (χ3n) is 4.45. The minimum Gasteiger partial charge on any atom is -0.0620 e. The van der Waals surface area contributed by atoms with E-state index in [0.29, 0.717) is 10.8 Å². The summed E-state index contributed by atoms with van der Waals surface area (Å²) < 4.78 is 0. The summed E-state index contributed by atoms with van der Waals surface area (Å²) in [6, 6.07) is 9.21. The lowest BCUT2D eigenvalue weighted by Gasteiger charge is -2.06. The van der Waals surface area contributed by atoms with E-state index in [9.17, 15) is 0 Å². The van der Waals surface area contributed by atoms with E-state index in [-0.39, 0.29) is 0 Å². The lowest BCUT2D eigenvalue weighted by atomic mass is 9.97. The first kappa shape index (κ1) is 6.64. The molecule has 0 N–H and O–H groups in total. The molecule has 2 spiro atoms. The topological polar surface area (TPSA) is 0 Å². The molecule has 0 atom stereocenters. The van der Waals surface area contributed by atoms with Crippen LogP contribution in [0, 0.1) is 0 Å². The van der Waals surface area contributed by atoms with Gasteiger partial charge in [-0.3, -0.25) is 0 Å². The second-order valence-corrected chi connectivity index (χ2v) is 5.28. The van der Waals surface area contributed by atoms with Crippen molar-refractivity contribution in [3.63, 3.8) is 0 Å². The lowest BCUT2D eigenvalue weighted by Crippen LogP contribution is -2.03. The Morgan fingerprint density at radius 3 is 1.62 bits per heavy atom. The number of hydrogen-bond donors (Lipinski definition) is 0. The molecule has 0 aliphatic heterocycles. The van der Waals surface area contributed by atoms with Gasteiger partial charge in [0.05, 0.1) is 0 Å². The Kier molecular flexibility index (Phi) is 0.871. The zero-order chi connectivity index (χ0) is 8.52. The molecule has 2 fully saturated rings. The smallest absolute Gasteiger partial charge is 0.00349 e. The third-order valence-corrected chi connectivity index (χ3v) is 4.45. The van der Waals surface area contributed by atoms with Crippen LogP contribution in [0.1, 0.15) is 43.2 Å². The van der Waals surface area contributed by atoms with Crippen LogP contribution < -0.4 is 0 Å². The summed E-state index contributed by atoms with van der Waals surface area (Å²) in [5.74, 6) is 0. The molecule has 4 rings (SSSR count). The quantitative estimate of drug-likeness (QED) is 0.561. The predicted octanol–water partition coefficient (Wildman–Crippen LogP) is 3.15. The molecule has 0 saturated heterocycles. The molecular formula is C13H14. The summed E-state index contributed by atoms with van der Waals surface area (Å²) in [5.41, 5.74) is 4.78. The van der Waals surface area contributed by atoms with Gasteiger partial charge in [0.25, 0.3) is 0 Å². The van der Waals surface area contributed by atoms with Crippen molar-refractivity contribution < 1.29 is 0 Å². The van der Waals surface area contributed by atoms with Gasteiger partial charge in [0, 0.05) is 0 Å². The monoisotopic (exact) mass is 170 g/mol. The van der Waals surface area contributed by atoms with E-state index in [2.05, 4.69) is 24.3 Å². The summed E-state index contributed by atoms with van der Waals surface area (Å²) in [5, 5.41) is 0. The molecule has 2 saturated carbocycles. The fourth-order valence-corrected chi connectivity index (χ4v) is 3.44. The van der Waals surface area contributed by atoms with Crippen molar-refractivity contribution in [2.75, 3.05) is 0 Å². The maximum atomic E-state index is 2.38. The van der Waals surface area contributed by atoms with Crippen molar-refractivity contribution in [2.45, 2.75) is 42.9 Å². The fraction of sp³-hybridized carbons (Fsp3) is 0.538. The molecule has 13 heavy (non-hydrogen) atoms. The van der Waals surface area contributed by atoms with Crippen molar-refractivity contribution in [2.24, 2.45) is 0 Å². The Morgan fingerprint density at radius 1 is 0.769 bits per heavy atom. The Morgan fingerprint density at radius 2 is 1.23 bits per heavy atom. The van der Waals surface area contributed by atoms with E-state index in [0.717, 1.165) is 0 Å². The van der Waals surface area contributed by atoms with Crippen LogP contribution in [0.5, 0.6) is 0 Å². The highest BCUT2D eigenvalue weighted by Gasteiger charge is 2.62. The van der Waals surface area contributed by atoms with Gasteiger partial charge in [0.15, 0.2) is 0 Å². The average Bonchev–Trinajstić information content (AvgIpc) is 3.02. The van der Waals surface area contributed by atoms with E-state index < -0.39 is 0 Å². The largest absolute Gasteiger partial charge is 0.0620 e. The minimum atomic E-state index is 0.674. The van der Waals surface area contributed by atoms with Gasteiger partial charge in [-0.25, -0.2) is 0 Å². The molecule has 0 amide bonds. The van der Waals surface area contributed by atoms with Gasteiger partial charge in [0.2, 0.25) is 0 Å². The van der Waals surface area contributed by atoms with E-state index >= 15 is 0 Å². The molecule has 0 nitrogen and oxygen atoms in total. The Labute approximate surface area is 79.0 Å². The molecule has 0 unspecified atom stereocenters. The molecular weight excluding hydrogens is 156 g/mol. The molecule has 1 aromatic carbocycles. The van der Waals surface area contributed by atoms with Gasteiger partial charge < -0.3 is 0 Å². The van der Waals surface area contributed by atoms with Gasteiger partial charge in [-0.15, -0.1) is 0 Å².